The van der Waals surface area contributed by atoms with Crippen molar-refractivity contribution in [3.05, 3.63) is 96.3 Å². The molecule has 0 aliphatic carbocycles. The maximum Gasteiger partial charge on any atom is 0.254 e. The number of ether oxygens (including phenoxy) is 1. The summed E-state index contributed by atoms with van der Waals surface area (Å²) in [7, 11) is 1.56. The molecule has 3 aromatic rings. The van der Waals surface area contributed by atoms with Crippen LogP contribution in [-0.4, -0.2) is 34.0 Å². The molecule has 1 amide bonds. The first-order chi connectivity index (χ1) is 13.6. The zero-order chi connectivity index (χ0) is 19.9. The maximum atomic E-state index is 13.5. The fraction of sp³-hybridized carbons (Fsp3) is 0.182. The van der Waals surface area contributed by atoms with Crippen LogP contribution in [0, 0.1) is 5.82 Å². The summed E-state index contributed by atoms with van der Waals surface area (Å²) < 4.78 is 20.6. The highest BCUT2D eigenvalue weighted by atomic mass is 19.1. The van der Waals surface area contributed by atoms with E-state index in [2.05, 4.69) is 11.6 Å². The molecule has 2 aromatic carbocycles. The molecule has 0 unspecified atom stereocenters. The number of methoxy groups -OCH3 is 1. The van der Waals surface area contributed by atoms with Crippen LogP contribution in [0.2, 0.25) is 0 Å². The van der Waals surface area contributed by atoms with E-state index < -0.39 is 0 Å². The third kappa shape index (κ3) is 4.65. The fourth-order valence-electron chi connectivity index (χ4n) is 2.95. The van der Waals surface area contributed by atoms with E-state index in [4.69, 9.17) is 4.74 Å². The molecule has 5 nitrogen and oxygen atoms in total. The predicted octanol–water partition coefficient (Wildman–Crippen LogP) is 3.91. The van der Waals surface area contributed by atoms with E-state index in [1.165, 1.54) is 12.1 Å². The Hall–Kier alpha value is -3.41. The summed E-state index contributed by atoms with van der Waals surface area (Å²) in [6.45, 7) is 4.91. The lowest BCUT2D eigenvalue weighted by molar-refractivity contribution is 0.0757. The van der Waals surface area contributed by atoms with Crippen LogP contribution in [-0.2, 0) is 13.1 Å². The highest BCUT2D eigenvalue weighted by Gasteiger charge is 2.18. The zero-order valence-corrected chi connectivity index (χ0v) is 15.7. The van der Waals surface area contributed by atoms with Crippen molar-refractivity contribution >= 4 is 5.91 Å². The van der Waals surface area contributed by atoms with Crippen LogP contribution in [0.5, 0.6) is 5.75 Å². The van der Waals surface area contributed by atoms with Gasteiger partial charge < -0.3 is 14.2 Å². The summed E-state index contributed by atoms with van der Waals surface area (Å²) in [5.74, 6) is 0.916. The number of carbonyl (C=O) groups excluding carboxylic acids is 1. The lowest BCUT2D eigenvalue weighted by Gasteiger charge is -2.22. The van der Waals surface area contributed by atoms with Crippen LogP contribution in [0.25, 0.3) is 0 Å². The van der Waals surface area contributed by atoms with Crippen molar-refractivity contribution in [2.24, 2.45) is 0 Å². The molecule has 0 saturated heterocycles. The molecule has 1 aromatic heterocycles. The quantitative estimate of drug-likeness (QED) is 0.558. The molecule has 0 atom stereocenters. The molecule has 0 radical (unpaired) electrons. The Morgan fingerprint density at radius 3 is 2.86 bits per heavy atom. The minimum absolute atomic E-state index is 0.140. The van der Waals surface area contributed by atoms with Gasteiger partial charge in [0.15, 0.2) is 0 Å². The van der Waals surface area contributed by atoms with Crippen molar-refractivity contribution in [1.29, 1.82) is 0 Å². The van der Waals surface area contributed by atoms with Gasteiger partial charge in [-0.25, -0.2) is 9.37 Å². The Labute approximate surface area is 163 Å². The number of carbonyl (C=O) groups is 1. The fourth-order valence-corrected chi connectivity index (χ4v) is 2.95. The Kier molecular flexibility index (Phi) is 6.22. The van der Waals surface area contributed by atoms with Crippen molar-refractivity contribution < 1.29 is 13.9 Å². The zero-order valence-electron chi connectivity index (χ0n) is 15.7. The van der Waals surface area contributed by atoms with Crippen molar-refractivity contribution in [2.75, 3.05) is 13.7 Å². The van der Waals surface area contributed by atoms with E-state index >= 15 is 0 Å². The summed E-state index contributed by atoms with van der Waals surface area (Å²) in [5, 5.41) is 0. The van der Waals surface area contributed by atoms with Gasteiger partial charge in [0.1, 0.15) is 17.4 Å². The molecular weight excluding hydrogens is 357 g/mol. The van der Waals surface area contributed by atoms with Gasteiger partial charge in [0.05, 0.1) is 13.7 Å². The van der Waals surface area contributed by atoms with Gasteiger partial charge in [-0.3, -0.25) is 4.79 Å². The van der Waals surface area contributed by atoms with Crippen molar-refractivity contribution in [3.63, 3.8) is 0 Å². The Balaban J connectivity index is 1.80. The average Bonchev–Trinajstić information content (AvgIpc) is 3.13. The van der Waals surface area contributed by atoms with Gasteiger partial charge >= 0.3 is 0 Å². The van der Waals surface area contributed by atoms with E-state index in [1.54, 1.807) is 54.6 Å². The van der Waals surface area contributed by atoms with E-state index in [-0.39, 0.29) is 11.7 Å². The molecule has 28 heavy (non-hydrogen) atoms. The molecule has 0 bridgehead atoms. The third-order valence-electron chi connectivity index (χ3n) is 4.33. The number of imidazole rings is 1. The Morgan fingerprint density at radius 1 is 1.29 bits per heavy atom. The molecule has 0 N–H and O–H groups in total. The predicted molar refractivity (Wildman–Crippen MR) is 106 cm³/mol. The third-order valence-corrected chi connectivity index (χ3v) is 4.33. The van der Waals surface area contributed by atoms with E-state index in [9.17, 15) is 9.18 Å². The number of benzene rings is 2. The highest BCUT2D eigenvalue weighted by molar-refractivity contribution is 5.94. The van der Waals surface area contributed by atoms with Crippen molar-refractivity contribution in [3.8, 4) is 5.75 Å². The second-order valence-electron chi connectivity index (χ2n) is 6.31. The molecule has 0 aliphatic rings. The average molecular weight is 379 g/mol. The molecule has 0 aliphatic heterocycles. The number of halogens is 1. The standard InChI is InChI=1S/C22H22FN3O2/c1-3-11-26(22(27)18-7-5-9-20(14-18)28-2)16-21-24-10-12-25(21)15-17-6-4-8-19(23)13-17/h3-10,12-14H,1,11,15-16H2,2H3. The summed E-state index contributed by atoms with van der Waals surface area (Å²) in [5.41, 5.74) is 1.36. The van der Waals surface area contributed by atoms with Crippen LogP contribution in [0.3, 0.4) is 0 Å². The summed E-state index contributed by atoms with van der Waals surface area (Å²) in [4.78, 5) is 19.0. The second kappa shape index (κ2) is 8.99. The van der Waals surface area contributed by atoms with Crippen LogP contribution in [0.1, 0.15) is 21.7 Å². The molecule has 0 spiro atoms. The summed E-state index contributed by atoms with van der Waals surface area (Å²) in [6, 6.07) is 13.5. The van der Waals surface area contributed by atoms with E-state index in [0.717, 1.165) is 5.56 Å². The molecule has 6 heteroatoms. The van der Waals surface area contributed by atoms with E-state index in [1.807, 2.05) is 16.8 Å². The SMILES string of the molecule is C=CCN(Cc1nccn1Cc1cccc(F)c1)C(=O)c1cccc(OC)c1. The van der Waals surface area contributed by atoms with Crippen molar-refractivity contribution in [2.45, 2.75) is 13.1 Å². The minimum Gasteiger partial charge on any atom is -0.497 e. The lowest BCUT2D eigenvalue weighted by Crippen LogP contribution is -2.32. The van der Waals surface area contributed by atoms with Gasteiger partial charge in [0.25, 0.3) is 5.91 Å². The van der Waals surface area contributed by atoms with E-state index in [0.29, 0.717) is 36.8 Å². The summed E-state index contributed by atoms with van der Waals surface area (Å²) in [6.07, 6.45) is 5.18. The lowest BCUT2D eigenvalue weighted by atomic mass is 10.2. The van der Waals surface area contributed by atoms with Gasteiger partial charge in [0, 0.05) is 31.0 Å². The largest absolute Gasteiger partial charge is 0.497 e. The second-order valence-corrected chi connectivity index (χ2v) is 6.31. The summed E-state index contributed by atoms with van der Waals surface area (Å²) >= 11 is 0. The van der Waals surface area contributed by atoms with Crippen LogP contribution >= 0.6 is 0 Å². The van der Waals surface area contributed by atoms with Crippen LogP contribution in [0.15, 0.2) is 73.6 Å². The Morgan fingerprint density at radius 2 is 2.11 bits per heavy atom. The first-order valence-corrected chi connectivity index (χ1v) is 8.89. The molecule has 0 fully saturated rings. The number of hydrogen-bond donors (Lipinski definition) is 0. The molecule has 1 heterocycles. The number of nitrogens with zero attached hydrogens (tertiary/aromatic N) is 3. The van der Waals surface area contributed by atoms with Gasteiger partial charge in [-0.1, -0.05) is 24.3 Å². The minimum atomic E-state index is -0.277. The first-order valence-electron chi connectivity index (χ1n) is 8.89. The first kappa shape index (κ1) is 19.4. The number of aromatic nitrogens is 2. The van der Waals surface area contributed by atoms with Gasteiger partial charge in [-0.15, -0.1) is 6.58 Å². The normalized spacial score (nSPS) is 10.5. The number of hydrogen-bond acceptors (Lipinski definition) is 3. The van der Waals surface area contributed by atoms with Gasteiger partial charge in [-0.2, -0.15) is 0 Å². The number of amides is 1. The van der Waals surface area contributed by atoms with Crippen LogP contribution in [0.4, 0.5) is 4.39 Å². The maximum absolute atomic E-state index is 13.5. The van der Waals surface area contributed by atoms with Crippen molar-refractivity contribution in [1.82, 2.24) is 14.5 Å². The smallest absolute Gasteiger partial charge is 0.254 e. The van der Waals surface area contributed by atoms with Gasteiger partial charge in [0.2, 0.25) is 0 Å². The molecule has 3 rings (SSSR count). The monoisotopic (exact) mass is 379 g/mol. The molecule has 0 saturated carbocycles. The molecule has 144 valence electrons. The highest BCUT2D eigenvalue weighted by Crippen LogP contribution is 2.16. The topological polar surface area (TPSA) is 47.4 Å². The Bertz CT molecular complexity index is 968. The van der Waals surface area contributed by atoms with Crippen LogP contribution < -0.4 is 4.74 Å². The van der Waals surface area contributed by atoms with Gasteiger partial charge in [-0.05, 0) is 35.9 Å². The molecular formula is C22H22FN3O2. The number of rotatable bonds is 8.